The Morgan fingerprint density at radius 2 is 0.928 bits per heavy atom. The number of hydrogen-bond donors (Lipinski definition) is 2. The molecule has 0 heterocycles. The molecular weight excluding hydrogens is 880 g/mol. The van der Waals surface area contributed by atoms with Crippen molar-refractivity contribution >= 4 is 19.7 Å². The number of allylic oxidation sites excluding steroid dienone is 13. The third-order valence-corrected chi connectivity index (χ3v) is 12.9. The quantitative estimate of drug-likeness (QED) is 0.0156. The zero-order valence-electron chi connectivity index (χ0n) is 45.3. The second-order valence-corrected chi connectivity index (χ2v) is 21.3. The summed E-state index contributed by atoms with van der Waals surface area (Å²) in [7, 11) is 1.47. The third-order valence-electron chi connectivity index (χ3n) is 12.0. The molecule has 0 aromatic carbocycles. The average molecular weight is 986 g/mol. The van der Waals surface area contributed by atoms with E-state index in [4.69, 9.17) is 13.8 Å². The van der Waals surface area contributed by atoms with Crippen molar-refractivity contribution in [2.24, 2.45) is 0 Å². The van der Waals surface area contributed by atoms with Gasteiger partial charge in [0.05, 0.1) is 33.8 Å². The second-order valence-electron chi connectivity index (χ2n) is 19.8. The SMILES string of the molecule is CC/C=C/C=C/C=C/CCCCCCCCCC(=O)NC(COP(=O)(O)OCC[N+](C)(C)C)C(/C=C/CCCCCCCCCCCCC)OC(=O)CCCCCCCCC/C=C/C=C/C=C/CC. The predicted octanol–water partition coefficient (Wildman–Crippen LogP) is 16.7. The zero-order chi connectivity index (χ0) is 50.8. The minimum absolute atomic E-state index is 0.0318. The number of quaternary nitrogens is 1. The van der Waals surface area contributed by atoms with Crippen LogP contribution in [0.15, 0.2) is 85.1 Å². The number of phosphoric acid groups is 1. The lowest BCUT2D eigenvalue weighted by atomic mass is 10.0. The van der Waals surface area contributed by atoms with Crippen molar-refractivity contribution in [1.29, 1.82) is 0 Å². The van der Waals surface area contributed by atoms with Gasteiger partial charge in [-0.05, 0) is 70.3 Å². The summed E-state index contributed by atoms with van der Waals surface area (Å²) >= 11 is 0. The van der Waals surface area contributed by atoms with Crippen LogP contribution in [0, 0.1) is 0 Å². The van der Waals surface area contributed by atoms with E-state index in [1.165, 1.54) is 96.3 Å². The Bertz CT molecular complexity index is 1460. The summed E-state index contributed by atoms with van der Waals surface area (Å²) in [5.41, 5.74) is 0. The molecule has 0 aromatic heterocycles. The fourth-order valence-electron chi connectivity index (χ4n) is 7.64. The highest BCUT2D eigenvalue weighted by Crippen LogP contribution is 2.43. The van der Waals surface area contributed by atoms with Crippen LogP contribution < -0.4 is 5.32 Å². The molecule has 0 aliphatic carbocycles. The molecule has 0 bridgehead atoms. The van der Waals surface area contributed by atoms with Gasteiger partial charge in [0.2, 0.25) is 5.91 Å². The van der Waals surface area contributed by atoms with Crippen molar-refractivity contribution in [3.05, 3.63) is 85.1 Å². The van der Waals surface area contributed by atoms with E-state index in [1.807, 2.05) is 33.3 Å². The van der Waals surface area contributed by atoms with Crippen molar-refractivity contribution < 1.29 is 37.3 Å². The number of hydrogen-bond acceptors (Lipinski definition) is 6. The Labute approximate surface area is 425 Å². The summed E-state index contributed by atoms with van der Waals surface area (Å²) in [6, 6.07) is -0.862. The summed E-state index contributed by atoms with van der Waals surface area (Å²) in [6.45, 7) is 6.72. The number of carbonyl (C=O) groups is 2. The van der Waals surface area contributed by atoms with Crippen molar-refractivity contribution in [1.82, 2.24) is 5.32 Å². The number of unbranched alkanes of at least 4 members (excludes halogenated alkanes) is 25. The summed E-state index contributed by atoms with van der Waals surface area (Å²) < 4.78 is 30.6. The Morgan fingerprint density at radius 3 is 1.38 bits per heavy atom. The summed E-state index contributed by atoms with van der Waals surface area (Å²) in [4.78, 5) is 37.6. The average Bonchev–Trinajstić information content (AvgIpc) is 3.31. The minimum Gasteiger partial charge on any atom is -0.456 e. The van der Waals surface area contributed by atoms with Gasteiger partial charge in [-0.1, -0.05) is 228 Å². The molecule has 3 atom stereocenters. The molecule has 0 saturated heterocycles. The van der Waals surface area contributed by atoms with Crippen LogP contribution in [0.4, 0.5) is 0 Å². The molecule has 0 aliphatic rings. The largest absolute Gasteiger partial charge is 0.472 e. The number of esters is 1. The van der Waals surface area contributed by atoms with Crippen LogP contribution in [-0.2, 0) is 27.9 Å². The van der Waals surface area contributed by atoms with Gasteiger partial charge in [0, 0.05) is 12.8 Å². The Kier molecular flexibility index (Phi) is 46.8. The van der Waals surface area contributed by atoms with Crippen molar-refractivity contribution in [2.45, 2.75) is 238 Å². The lowest BCUT2D eigenvalue weighted by Gasteiger charge is -2.27. The molecule has 9 nitrogen and oxygen atoms in total. The predicted molar refractivity (Wildman–Crippen MR) is 295 cm³/mol. The molecule has 3 unspecified atom stereocenters. The molecule has 0 aliphatic heterocycles. The minimum atomic E-state index is -4.45. The van der Waals surface area contributed by atoms with Gasteiger partial charge in [-0.15, -0.1) is 0 Å². The fourth-order valence-corrected chi connectivity index (χ4v) is 8.38. The van der Waals surface area contributed by atoms with Gasteiger partial charge in [0.15, 0.2) is 0 Å². The van der Waals surface area contributed by atoms with Crippen LogP contribution in [0.2, 0.25) is 0 Å². The number of phosphoric ester groups is 1. The standard InChI is InChI=1S/C59H105N2O7P/c1-7-10-13-16-19-22-25-28-30-33-36-39-42-45-48-51-58(62)60-56(55-67-69(64,65)66-54-53-61(4,5)6)57(50-47-44-41-38-35-32-27-24-21-18-15-12-9-3)68-59(63)52-49-46-43-40-37-34-31-29-26-23-20-17-14-11-8-2/h10-11,13-14,16-17,19-20,22-23,25-26,47,50,56-57H,7-9,12,15,18,21,24,27-46,48-49,51-55H2,1-6H3,(H-,60,62,64,65)/p+1/b13-10+,14-11+,19-16+,20-17+,25-22+,26-23+,50-47+. The lowest BCUT2D eigenvalue weighted by molar-refractivity contribution is -0.870. The van der Waals surface area contributed by atoms with E-state index < -0.39 is 20.0 Å². The molecule has 398 valence electrons. The number of nitrogens with zero attached hydrogens (tertiary/aromatic N) is 1. The third kappa shape index (κ3) is 49.9. The number of amides is 1. The first kappa shape index (κ1) is 66.2. The fraction of sp³-hybridized carbons (Fsp3) is 0.729. The van der Waals surface area contributed by atoms with E-state index in [0.29, 0.717) is 17.4 Å². The second kappa shape index (κ2) is 48.8. The highest BCUT2D eigenvalue weighted by molar-refractivity contribution is 7.47. The Morgan fingerprint density at radius 1 is 0.522 bits per heavy atom. The zero-order valence-corrected chi connectivity index (χ0v) is 46.2. The lowest BCUT2D eigenvalue weighted by Crippen LogP contribution is -2.47. The van der Waals surface area contributed by atoms with Gasteiger partial charge in [0.1, 0.15) is 19.3 Å². The molecule has 0 spiro atoms. The molecule has 2 N–H and O–H groups in total. The topological polar surface area (TPSA) is 111 Å². The number of nitrogens with one attached hydrogen (secondary N) is 1. The van der Waals surface area contributed by atoms with Crippen molar-refractivity contribution in [3.63, 3.8) is 0 Å². The van der Waals surface area contributed by atoms with E-state index in [2.05, 4.69) is 99.0 Å². The molecule has 1 amide bonds. The molecule has 0 radical (unpaired) electrons. The molecule has 0 aromatic rings. The smallest absolute Gasteiger partial charge is 0.456 e. The normalized spacial score (nSPS) is 14.5. The van der Waals surface area contributed by atoms with E-state index in [-0.39, 0.29) is 31.5 Å². The highest BCUT2D eigenvalue weighted by atomic mass is 31.2. The van der Waals surface area contributed by atoms with Crippen LogP contribution in [-0.4, -0.2) is 74.3 Å². The van der Waals surface area contributed by atoms with Gasteiger partial charge >= 0.3 is 13.8 Å². The van der Waals surface area contributed by atoms with Crippen LogP contribution in [0.1, 0.15) is 226 Å². The van der Waals surface area contributed by atoms with Gasteiger partial charge < -0.3 is 19.4 Å². The van der Waals surface area contributed by atoms with Gasteiger partial charge in [-0.25, -0.2) is 4.57 Å². The molecule has 0 fully saturated rings. The van der Waals surface area contributed by atoms with E-state index in [1.54, 1.807) is 0 Å². The first-order valence-corrected chi connectivity index (χ1v) is 29.5. The molecule has 0 saturated carbocycles. The van der Waals surface area contributed by atoms with Crippen LogP contribution in [0.25, 0.3) is 0 Å². The van der Waals surface area contributed by atoms with Crippen molar-refractivity contribution in [2.75, 3.05) is 40.9 Å². The Balaban J connectivity index is 5.43. The number of carbonyl (C=O) groups excluding carboxylic acids is 2. The van der Waals surface area contributed by atoms with Crippen molar-refractivity contribution in [3.8, 4) is 0 Å². The number of likely N-dealkylation sites (N-methyl/N-ethyl adjacent to an activating group) is 1. The van der Waals surface area contributed by atoms with Crippen LogP contribution in [0.5, 0.6) is 0 Å². The van der Waals surface area contributed by atoms with E-state index in [0.717, 1.165) is 96.3 Å². The van der Waals surface area contributed by atoms with Crippen LogP contribution >= 0.6 is 7.82 Å². The van der Waals surface area contributed by atoms with Gasteiger partial charge in [-0.3, -0.25) is 18.6 Å². The summed E-state index contributed by atoms with van der Waals surface area (Å²) in [5.74, 6) is -0.537. The van der Waals surface area contributed by atoms with E-state index >= 15 is 0 Å². The maximum atomic E-state index is 13.5. The number of rotatable bonds is 49. The van der Waals surface area contributed by atoms with Gasteiger partial charge in [-0.2, -0.15) is 0 Å². The van der Waals surface area contributed by atoms with Crippen LogP contribution in [0.3, 0.4) is 0 Å². The first-order chi connectivity index (χ1) is 33.4. The molecule has 10 heteroatoms. The monoisotopic (exact) mass is 986 g/mol. The van der Waals surface area contributed by atoms with E-state index in [9.17, 15) is 19.0 Å². The molecular formula is C59H106N2O7P+. The Hall–Kier alpha value is -2.81. The first-order valence-electron chi connectivity index (χ1n) is 28.0. The summed E-state index contributed by atoms with van der Waals surface area (Å²) in [6.07, 6.45) is 62.8. The molecule has 0 rings (SSSR count). The number of ether oxygens (including phenoxy) is 1. The highest BCUT2D eigenvalue weighted by Gasteiger charge is 2.30. The van der Waals surface area contributed by atoms with Gasteiger partial charge in [0.25, 0.3) is 0 Å². The summed E-state index contributed by atoms with van der Waals surface area (Å²) in [5, 5.41) is 3.04. The molecule has 69 heavy (non-hydrogen) atoms. The maximum absolute atomic E-state index is 13.5. The maximum Gasteiger partial charge on any atom is 0.472 e.